The van der Waals surface area contributed by atoms with Crippen LogP contribution in [0.15, 0.2) is 36.4 Å². The van der Waals surface area contributed by atoms with Crippen molar-refractivity contribution in [2.24, 2.45) is 0 Å². The van der Waals surface area contributed by atoms with Crippen molar-refractivity contribution in [3.63, 3.8) is 0 Å². The molecule has 0 aromatic heterocycles. The van der Waals surface area contributed by atoms with E-state index in [2.05, 4.69) is 19.1 Å². The van der Waals surface area contributed by atoms with E-state index in [1.165, 1.54) is 16.3 Å². The highest BCUT2D eigenvalue weighted by Gasteiger charge is 1.98. The van der Waals surface area contributed by atoms with E-state index in [0.717, 1.165) is 5.56 Å². The van der Waals surface area contributed by atoms with Crippen molar-refractivity contribution >= 4 is 10.8 Å². The van der Waals surface area contributed by atoms with E-state index in [1.807, 2.05) is 24.3 Å². The van der Waals surface area contributed by atoms with Gasteiger partial charge in [0.1, 0.15) is 0 Å². The predicted molar refractivity (Wildman–Crippen MR) is 54.6 cm³/mol. The van der Waals surface area contributed by atoms with Gasteiger partial charge in [0.05, 0.1) is 6.61 Å². The zero-order valence-corrected chi connectivity index (χ0v) is 7.62. The lowest BCUT2D eigenvalue weighted by molar-refractivity contribution is 0.282. The molecule has 66 valence electrons. The fourth-order valence-electron chi connectivity index (χ4n) is 1.67. The monoisotopic (exact) mass is 172 g/mol. The summed E-state index contributed by atoms with van der Waals surface area (Å²) in [6, 6.07) is 12.3. The second-order valence-corrected chi connectivity index (χ2v) is 3.29. The number of benzene rings is 2. The van der Waals surface area contributed by atoms with Gasteiger partial charge < -0.3 is 5.11 Å². The minimum absolute atomic E-state index is 0.117. The van der Waals surface area contributed by atoms with E-state index in [0.29, 0.717) is 0 Å². The van der Waals surface area contributed by atoms with Crippen LogP contribution < -0.4 is 0 Å². The third-order valence-electron chi connectivity index (χ3n) is 2.31. The Morgan fingerprint density at radius 2 is 1.92 bits per heavy atom. The molecule has 1 nitrogen and oxygen atoms in total. The summed E-state index contributed by atoms with van der Waals surface area (Å²) in [6.45, 7) is 2.19. The van der Waals surface area contributed by atoms with Crippen molar-refractivity contribution in [1.29, 1.82) is 0 Å². The molecule has 0 aliphatic carbocycles. The third kappa shape index (κ3) is 1.43. The molecule has 0 saturated heterocycles. The van der Waals surface area contributed by atoms with Gasteiger partial charge in [0.15, 0.2) is 0 Å². The average Bonchev–Trinajstić information content (AvgIpc) is 2.18. The van der Waals surface area contributed by atoms with Gasteiger partial charge in [-0.3, -0.25) is 0 Å². The molecule has 2 aromatic rings. The summed E-state index contributed by atoms with van der Waals surface area (Å²) in [5, 5.41) is 11.5. The average molecular weight is 172 g/mol. The molecule has 0 atom stereocenters. The van der Waals surface area contributed by atoms with Crippen LogP contribution in [-0.2, 0) is 6.61 Å². The second kappa shape index (κ2) is 3.19. The lowest BCUT2D eigenvalue weighted by atomic mass is 10.0. The first-order valence-electron chi connectivity index (χ1n) is 4.40. The van der Waals surface area contributed by atoms with E-state index in [9.17, 15) is 0 Å². The molecule has 1 N–H and O–H groups in total. The molecular weight excluding hydrogens is 160 g/mol. The summed E-state index contributed by atoms with van der Waals surface area (Å²) < 4.78 is 0. The van der Waals surface area contributed by atoms with Gasteiger partial charge in [0, 0.05) is 0 Å². The summed E-state index contributed by atoms with van der Waals surface area (Å²) in [6.07, 6.45) is 0. The normalized spacial score (nSPS) is 10.6. The molecule has 2 aromatic carbocycles. The number of hydrogen-bond donors (Lipinski definition) is 1. The second-order valence-electron chi connectivity index (χ2n) is 3.29. The van der Waals surface area contributed by atoms with Gasteiger partial charge in [0.25, 0.3) is 0 Å². The Kier molecular flexibility index (Phi) is 2.03. The molecule has 2 rings (SSSR count). The van der Waals surface area contributed by atoms with Gasteiger partial charge in [0.2, 0.25) is 0 Å². The molecule has 0 heterocycles. The van der Waals surface area contributed by atoms with Crippen molar-refractivity contribution in [1.82, 2.24) is 0 Å². The van der Waals surface area contributed by atoms with Crippen LogP contribution in [0.5, 0.6) is 0 Å². The van der Waals surface area contributed by atoms with Gasteiger partial charge in [-0.2, -0.15) is 0 Å². The topological polar surface area (TPSA) is 20.2 Å². The Bertz CT molecular complexity index is 432. The van der Waals surface area contributed by atoms with Crippen molar-refractivity contribution in [3.05, 3.63) is 47.5 Å². The Hall–Kier alpha value is -1.34. The van der Waals surface area contributed by atoms with E-state index < -0.39 is 0 Å². The summed E-state index contributed by atoms with van der Waals surface area (Å²) in [7, 11) is 0. The van der Waals surface area contributed by atoms with Gasteiger partial charge in [-0.05, 0) is 34.9 Å². The van der Waals surface area contributed by atoms with Gasteiger partial charge >= 0.3 is 0 Å². The molecule has 0 saturated carbocycles. The molecule has 0 bridgehead atoms. The first-order chi connectivity index (χ1) is 6.31. The summed E-state index contributed by atoms with van der Waals surface area (Å²) in [5.41, 5.74) is 2.21. The lowest BCUT2D eigenvalue weighted by Crippen LogP contribution is -1.86. The first kappa shape index (κ1) is 8.27. The molecule has 0 amide bonds. The maximum Gasteiger partial charge on any atom is 0.0682 e. The van der Waals surface area contributed by atoms with E-state index >= 15 is 0 Å². The Labute approximate surface area is 77.6 Å². The molecule has 0 aliphatic heterocycles. The minimum atomic E-state index is 0.117. The van der Waals surface area contributed by atoms with Gasteiger partial charge in [-0.25, -0.2) is 0 Å². The molecule has 0 radical (unpaired) electrons. The molecular formula is C12H12O. The van der Waals surface area contributed by atoms with Crippen LogP contribution in [0.2, 0.25) is 0 Å². The molecule has 0 aliphatic rings. The van der Waals surface area contributed by atoms with Crippen LogP contribution in [0, 0.1) is 6.92 Å². The zero-order chi connectivity index (χ0) is 9.26. The number of aliphatic hydroxyl groups is 1. The van der Waals surface area contributed by atoms with E-state index in [4.69, 9.17) is 5.11 Å². The quantitative estimate of drug-likeness (QED) is 0.701. The molecule has 0 spiro atoms. The van der Waals surface area contributed by atoms with Crippen LogP contribution in [-0.4, -0.2) is 5.11 Å². The first-order valence-corrected chi connectivity index (χ1v) is 4.40. The summed E-state index contributed by atoms with van der Waals surface area (Å²) >= 11 is 0. The van der Waals surface area contributed by atoms with Crippen molar-refractivity contribution < 1.29 is 5.11 Å². The van der Waals surface area contributed by atoms with Crippen molar-refractivity contribution in [2.75, 3.05) is 0 Å². The fraction of sp³-hybridized carbons (Fsp3) is 0.167. The highest BCUT2D eigenvalue weighted by Crippen LogP contribution is 2.20. The Morgan fingerprint density at radius 1 is 1.15 bits per heavy atom. The maximum absolute atomic E-state index is 9.02. The number of rotatable bonds is 1. The summed E-state index contributed by atoms with van der Waals surface area (Å²) in [4.78, 5) is 0. The van der Waals surface area contributed by atoms with E-state index in [-0.39, 0.29) is 6.61 Å². The number of fused-ring (bicyclic) bond motifs is 1. The lowest BCUT2D eigenvalue weighted by Gasteiger charge is -2.04. The van der Waals surface area contributed by atoms with Crippen LogP contribution in [0.25, 0.3) is 10.8 Å². The maximum atomic E-state index is 9.02. The van der Waals surface area contributed by atoms with Crippen molar-refractivity contribution in [3.8, 4) is 0 Å². The molecule has 0 unspecified atom stereocenters. The standard InChI is InChI=1S/C12H12O/c1-9-6-10(8-13)7-11-4-2-3-5-12(9)11/h2-7,13H,8H2,1H3. The van der Waals surface area contributed by atoms with Gasteiger partial charge in [-0.1, -0.05) is 30.3 Å². The highest BCUT2D eigenvalue weighted by atomic mass is 16.3. The fourth-order valence-corrected chi connectivity index (χ4v) is 1.67. The van der Waals surface area contributed by atoms with Gasteiger partial charge in [-0.15, -0.1) is 0 Å². The molecule has 13 heavy (non-hydrogen) atoms. The van der Waals surface area contributed by atoms with Crippen LogP contribution in [0.3, 0.4) is 0 Å². The Balaban J connectivity index is 2.77. The van der Waals surface area contributed by atoms with E-state index in [1.54, 1.807) is 0 Å². The smallest absolute Gasteiger partial charge is 0.0682 e. The third-order valence-corrected chi connectivity index (χ3v) is 2.31. The SMILES string of the molecule is Cc1cc(CO)cc2ccccc12. The predicted octanol–water partition coefficient (Wildman–Crippen LogP) is 2.64. The minimum Gasteiger partial charge on any atom is -0.392 e. The van der Waals surface area contributed by atoms with Crippen LogP contribution >= 0.6 is 0 Å². The number of hydrogen-bond acceptors (Lipinski definition) is 1. The van der Waals surface area contributed by atoms with Crippen molar-refractivity contribution in [2.45, 2.75) is 13.5 Å². The largest absolute Gasteiger partial charge is 0.392 e. The highest BCUT2D eigenvalue weighted by molar-refractivity contribution is 5.86. The number of aryl methyl sites for hydroxylation is 1. The number of aliphatic hydroxyl groups excluding tert-OH is 1. The molecule has 0 fully saturated rings. The Morgan fingerprint density at radius 3 is 2.69 bits per heavy atom. The van der Waals surface area contributed by atoms with Crippen LogP contribution in [0.1, 0.15) is 11.1 Å². The molecule has 1 heteroatoms. The zero-order valence-electron chi connectivity index (χ0n) is 7.62. The van der Waals surface area contributed by atoms with Crippen LogP contribution in [0.4, 0.5) is 0 Å². The summed E-state index contributed by atoms with van der Waals surface area (Å²) in [5.74, 6) is 0.